The molecular weight excluding hydrogens is 182 g/mol. The van der Waals surface area contributed by atoms with E-state index in [0.717, 1.165) is 12.7 Å². The van der Waals surface area contributed by atoms with Crippen molar-refractivity contribution in [3.63, 3.8) is 0 Å². The number of rotatable bonds is 3. The molecule has 4 heteroatoms. The maximum Gasteiger partial charge on any atom is 0.409 e. The SMILES string of the molecule is CC(C)COC(=O)N1CCC(C=O)C1. The number of carbonyl (C=O) groups excluding carboxylic acids is 2. The molecule has 1 unspecified atom stereocenters. The quantitative estimate of drug-likeness (QED) is 0.644. The molecule has 0 N–H and O–H groups in total. The van der Waals surface area contributed by atoms with Crippen molar-refractivity contribution in [3.8, 4) is 0 Å². The highest BCUT2D eigenvalue weighted by Crippen LogP contribution is 2.14. The number of aldehydes is 1. The highest BCUT2D eigenvalue weighted by molar-refractivity contribution is 5.69. The van der Waals surface area contributed by atoms with Gasteiger partial charge in [-0.1, -0.05) is 13.8 Å². The summed E-state index contributed by atoms with van der Waals surface area (Å²) in [4.78, 5) is 23.5. The van der Waals surface area contributed by atoms with Gasteiger partial charge in [0, 0.05) is 19.0 Å². The van der Waals surface area contributed by atoms with Crippen LogP contribution in [0.25, 0.3) is 0 Å². The molecule has 1 fully saturated rings. The highest BCUT2D eigenvalue weighted by atomic mass is 16.6. The van der Waals surface area contributed by atoms with Crippen LogP contribution in [0.15, 0.2) is 0 Å². The van der Waals surface area contributed by atoms with Crippen molar-refractivity contribution in [2.24, 2.45) is 11.8 Å². The van der Waals surface area contributed by atoms with E-state index in [-0.39, 0.29) is 12.0 Å². The number of likely N-dealkylation sites (tertiary alicyclic amines) is 1. The Bertz CT molecular complexity index is 215. The molecule has 1 aliphatic rings. The zero-order valence-electron chi connectivity index (χ0n) is 8.73. The lowest BCUT2D eigenvalue weighted by atomic mass is 10.1. The van der Waals surface area contributed by atoms with E-state index >= 15 is 0 Å². The molecule has 80 valence electrons. The Morgan fingerprint density at radius 2 is 2.36 bits per heavy atom. The molecule has 1 amide bonds. The van der Waals surface area contributed by atoms with Gasteiger partial charge in [-0.05, 0) is 12.3 Å². The summed E-state index contributed by atoms with van der Waals surface area (Å²) in [5.74, 6) is 0.352. The van der Waals surface area contributed by atoms with Crippen LogP contribution in [0.1, 0.15) is 20.3 Å². The van der Waals surface area contributed by atoms with Crippen LogP contribution in [-0.2, 0) is 9.53 Å². The monoisotopic (exact) mass is 199 g/mol. The first kappa shape index (κ1) is 11.0. The number of ether oxygens (including phenoxy) is 1. The van der Waals surface area contributed by atoms with Crippen LogP contribution in [0, 0.1) is 11.8 Å². The molecule has 0 saturated carbocycles. The number of hydrogen-bond acceptors (Lipinski definition) is 3. The molecule has 0 radical (unpaired) electrons. The van der Waals surface area contributed by atoms with Gasteiger partial charge in [0.1, 0.15) is 6.29 Å². The summed E-state index contributed by atoms with van der Waals surface area (Å²) in [6, 6.07) is 0. The van der Waals surface area contributed by atoms with E-state index in [9.17, 15) is 9.59 Å². The summed E-state index contributed by atoms with van der Waals surface area (Å²) in [5, 5.41) is 0. The predicted molar refractivity (Wildman–Crippen MR) is 51.9 cm³/mol. The molecule has 0 spiro atoms. The van der Waals surface area contributed by atoms with Crippen LogP contribution < -0.4 is 0 Å². The maximum absolute atomic E-state index is 11.4. The van der Waals surface area contributed by atoms with Gasteiger partial charge in [-0.2, -0.15) is 0 Å². The molecule has 0 aromatic heterocycles. The molecule has 1 heterocycles. The summed E-state index contributed by atoms with van der Waals surface area (Å²) in [5.41, 5.74) is 0. The second-order valence-corrected chi connectivity index (χ2v) is 4.10. The molecule has 1 aliphatic heterocycles. The van der Waals surface area contributed by atoms with Gasteiger partial charge in [0.2, 0.25) is 0 Å². The van der Waals surface area contributed by atoms with E-state index < -0.39 is 0 Å². The minimum atomic E-state index is -0.289. The van der Waals surface area contributed by atoms with Crippen molar-refractivity contribution in [3.05, 3.63) is 0 Å². The van der Waals surface area contributed by atoms with Gasteiger partial charge in [0.15, 0.2) is 0 Å². The van der Waals surface area contributed by atoms with Crippen molar-refractivity contribution in [1.82, 2.24) is 4.90 Å². The lowest BCUT2D eigenvalue weighted by Gasteiger charge is -2.16. The number of carbonyl (C=O) groups is 2. The first-order chi connectivity index (χ1) is 6.63. The second kappa shape index (κ2) is 4.98. The summed E-state index contributed by atoms with van der Waals surface area (Å²) < 4.78 is 5.05. The summed E-state index contributed by atoms with van der Waals surface area (Å²) in [6.45, 7) is 5.58. The number of amides is 1. The molecule has 1 atom stereocenters. The average molecular weight is 199 g/mol. The lowest BCUT2D eigenvalue weighted by molar-refractivity contribution is -0.110. The Labute approximate surface area is 84.2 Å². The normalized spacial score (nSPS) is 21.4. The third-order valence-corrected chi connectivity index (χ3v) is 2.22. The Hall–Kier alpha value is -1.06. The van der Waals surface area contributed by atoms with Crippen molar-refractivity contribution < 1.29 is 14.3 Å². The maximum atomic E-state index is 11.4. The zero-order valence-corrected chi connectivity index (χ0v) is 8.73. The molecule has 1 saturated heterocycles. The summed E-state index contributed by atoms with van der Waals surface area (Å²) in [7, 11) is 0. The third-order valence-electron chi connectivity index (χ3n) is 2.22. The molecule has 0 aromatic rings. The largest absolute Gasteiger partial charge is 0.449 e. The topological polar surface area (TPSA) is 46.6 Å². The van der Waals surface area contributed by atoms with Gasteiger partial charge in [0.25, 0.3) is 0 Å². The summed E-state index contributed by atoms with van der Waals surface area (Å²) >= 11 is 0. The van der Waals surface area contributed by atoms with E-state index in [0.29, 0.717) is 25.6 Å². The minimum Gasteiger partial charge on any atom is -0.449 e. The molecular formula is C10H17NO3. The second-order valence-electron chi connectivity index (χ2n) is 4.10. The Morgan fingerprint density at radius 3 is 2.86 bits per heavy atom. The van der Waals surface area contributed by atoms with E-state index in [1.807, 2.05) is 13.8 Å². The van der Waals surface area contributed by atoms with Gasteiger partial charge in [-0.3, -0.25) is 0 Å². The van der Waals surface area contributed by atoms with E-state index in [1.165, 1.54) is 0 Å². The molecule has 0 bridgehead atoms. The fourth-order valence-electron chi connectivity index (χ4n) is 1.39. The zero-order chi connectivity index (χ0) is 10.6. The molecule has 0 aromatic carbocycles. The Balaban J connectivity index is 2.28. The summed E-state index contributed by atoms with van der Waals surface area (Å²) in [6.07, 6.45) is 1.39. The van der Waals surface area contributed by atoms with Crippen molar-refractivity contribution in [1.29, 1.82) is 0 Å². The van der Waals surface area contributed by atoms with Crippen LogP contribution in [0.3, 0.4) is 0 Å². The first-order valence-corrected chi connectivity index (χ1v) is 5.00. The Kier molecular flexibility index (Phi) is 3.92. The van der Waals surface area contributed by atoms with Gasteiger partial charge >= 0.3 is 6.09 Å². The molecule has 4 nitrogen and oxygen atoms in total. The third kappa shape index (κ3) is 3.01. The van der Waals surface area contributed by atoms with Crippen molar-refractivity contribution in [2.75, 3.05) is 19.7 Å². The standard InChI is InChI=1S/C10H17NO3/c1-8(2)7-14-10(13)11-4-3-9(5-11)6-12/h6,8-9H,3-5,7H2,1-2H3. The van der Waals surface area contributed by atoms with Crippen molar-refractivity contribution in [2.45, 2.75) is 20.3 Å². The number of nitrogens with zero attached hydrogens (tertiary/aromatic N) is 1. The Morgan fingerprint density at radius 1 is 1.64 bits per heavy atom. The fraction of sp³-hybridized carbons (Fsp3) is 0.800. The van der Waals surface area contributed by atoms with Crippen molar-refractivity contribution >= 4 is 12.4 Å². The van der Waals surface area contributed by atoms with E-state index in [2.05, 4.69) is 0 Å². The lowest BCUT2D eigenvalue weighted by Crippen LogP contribution is -2.30. The molecule has 0 aliphatic carbocycles. The number of hydrogen-bond donors (Lipinski definition) is 0. The minimum absolute atomic E-state index is 0.00148. The predicted octanol–water partition coefficient (Wildman–Crippen LogP) is 1.30. The van der Waals surface area contributed by atoms with Crippen LogP contribution in [0.2, 0.25) is 0 Å². The van der Waals surface area contributed by atoms with Crippen LogP contribution in [0.4, 0.5) is 4.79 Å². The first-order valence-electron chi connectivity index (χ1n) is 5.00. The van der Waals surface area contributed by atoms with Gasteiger partial charge < -0.3 is 14.4 Å². The fourth-order valence-corrected chi connectivity index (χ4v) is 1.39. The van der Waals surface area contributed by atoms with Gasteiger partial charge in [-0.15, -0.1) is 0 Å². The molecule has 14 heavy (non-hydrogen) atoms. The van der Waals surface area contributed by atoms with Crippen LogP contribution in [-0.4, -0.2) is 37.0 Å². The van der Waals surface area contributed by atoms with Gasteiger partial charge in [0.05, 0.1) is 6.61 Å². The van der Waals surface area contributed by atoms with Crippen LogP contribution >= 0.6 is 0 Å². The average Bonchev–Trinajstić information content (AvgIpc) is 2.62. The molecule has 1 rings (SSSR count). The van der Waals surface area contributed by atoms with Gasteiger partial charge in [-0.25, -0.2) is 4.79 Å². The van der Waals surface area contributed by atoms with Crippen LogP contribution in [0.5, 0.6) is 0 Å². The smallest absolute Gasteiger partial charge is 0.409 e. The van der Waals surface area contributed by atoms with E-state index in [1.54, 1.807) is 4.90 Å². The highest BCUT2D eigenvalue weighted by Gasteiger charge is 2.26. The van der Waals surface area contributed by atoms with E-state index in [4.69, 9.17) is 4.74 Å².